The Morgan fingerprint density at radius 1 is 0.620 bits per heavy atom. The lowest BCUT2D eigenvalue weighted by Gasteiger charge is -2.35. The zero-order valence-corrected chi connectivity index (χ0v) is 55.5. The van der Waals surface area contributed by atoms with Gasteiger partial charge in [0, 0.05) is 5.92 Å². The van der Waals surface area contributed by atoms with Crippen molar-refractivity contribution in [3.8, 4) is 11.5 Å². The molecule has 0 spiro atoms. The molecule has 2 bridgehead atoms. The molecule has 7 aromatic carbocycles. The van der Waals surface area contributed by atoms with Gasteiger partial charge >= 0.3 is 17.4 Å². The van der Waals surface area contributed by atoms with Gasteiger partial charge in [-0.25, -0.2) is 8.42 Å². The summed E-state index contributed by atoms with van der Waals surface area (Å²) in [6.45, 7) is 21.6. The molecule has 0 amide bonds. The summed E-state index contributed by atoms with van der Waals surface area (Å²) in [4.78, 5) is 15.5. The first kappa shape index (κ1) is 76.5. The molecule has 92 heavy (non-hydrogen) atoms. The van der Waals surface area contributed by atoms with E-state index in [1.54, 1.807) is 12.1 Å². The molecule has 502 valence electrons. The van der Waals surface area contributed by atoms with E-state index in [9.17, 15) is 39.7 Å². The Hall–Kier alpha value is -6.26. The van der Waals surface area contributed by atoms with Gasteiger partial charge in [0.2, 0.25) is 6.29 Å². The summed E-state index contributed by atoms with van der Waals surface area (Å²) >= 11 is 0. The van der Waals surface area contributed by atoms with Gasteiger partial charge in [0.15, 0.2) is 24.8 Å². The predicted molar refractivity (Wildman–Crippen MR) is 364 cm³/mol. The van der Waals surface area contributed by atoms with E-state index in [1.807, 2.05) is 12.1 Å². The maximum atomic E-state index is 13.0. The maximum Gasteiger partial charge on any atom is 0.432 e. The quantitative estimate of drug-likeness (QED) is 0.0315. The van der Waals surface area contributed by atoms with Gasteiger partial charge in [-0.05, 0) is 200 Å². The molecule has 0 saturated heterocycles. The van der Waals surface area contributed by atoms with Crippen LogP contribution in [0.2, 0.25) is 0 Å². The standard InChI is InChI=1S/C24H36O2.C18H15S.C14H14.C10H14O.C9H13F5O5S.2CH4/c1-5-16(4)17-9-11-19(12-10-17)25-24(15(2)3)26-23-14-18-13-22(23)21-8-6-7-20(18)21;1-4-10-16(11-5-1)19(17-12-6-2-7-13-17)18-14-8-3-9-15-18;1-9-10(2)13-8-4-6-11-5-3-7-12(9)14(11)13;1-3-8(2)9-4-6-10(11)7-5-9;1-4-7(2,3)6(15)19-5(8(10,11)12)9(13,14)20(16,17)18;;/h9-12,15-16,18,20-24H,5-8,13-14H2,1-4H3;1-15H;3-10H,1-2H3;4-8,11H,3H2,1-2H3;5H,4H2,1-3H3,(H,16,17,18);2*1H4/q;+1;;;;;/p-1. The topological polar surface area (TPSA) is 122 Å². The van der Waals surface area contributed by atoms with Crippen LogP contribution < -0.4 is 4.74 Å². The summed E-state index contributed by atoms with van der Waals surface area (Å²) in [6.07, 6.45) is -0.666. The second kappa shape index (κ2) is 33.7. The van der Waals surface area contributed by atoms with Crippen LogP contribution in [0.4, 0.5) is 22.0 Å². The van der Waals surface area contributed by atoms with Crippen LogP contribution in [-0.2, 0) is 35.3 Å². The Morgan fingerprint density at radius 3 is 1.48 bits per heavy atom. The average molecular weight is 1310 g/mol. The second-order valence-electron chi connectivity index (χ2n) is 25.5. The minimum atomic E-state index is -6.66. The smallest absolute Gasteiger partial charge is 0.432 e. The summed E-state index contributed by atoms with van der Waals surface area (Å²) in [7, 11) is -6.68. The Balaban J connectivity index is 0.000000213. The van der Waals surface area contributed by atoms with Gasteiger partial charge in [-0.3, -0.25) is 4.79 Å². The van der Waals surface area contributed by atoms with Crippen LogP contribution in [0.25, 0.3) is 10.8 Å². The first-order chi connectivity index (χ1) is 42.6. The Labute approximate surface area is 549 Å². The van der Waals surface area contributed by atoms with Crippen LogP contribution in [0, 0.1) is 35.0 Å². The average Bonchev–Trinajstić information content (AvgIpc) is 1.63. The highest BCUT2D eigenvalue weighted by Crippen LogP contribution is 2.60. The van der Waals surface area contributed by atoms with Crippen LogP contribution >= 0.6 is 0 Å². The highest BCUT2D eigenvalue weighted by atomic mass is 32.2. The first-order valence-corrected chi connectivity index (χ1v) is 34.5. The molecule has 3 saturated carbocycles. The van der Waals surface area contributed by atoms with E-state index >= 15 is 0 Å². The lowest BCUT2D eigenvalue weighted by Crippen LogP contribution is -2.53. The van der Waals surface area contributed by atoms with Crippen molar-refractivity contribution in [3.63, 3.8) is 0 Å². The van der Waals surface area contributed by atoms with Crippen molar-refractivity contribution in [2.45, 2.75) is 211 Å². The van der Waals surface area contributed by atoms with E-state index in [1.165, 1.54) is 93.2 Å². The number of hydrogen-bond donors (Lipinski definition) is 1. The van der Waals surface area contributed by atoms with E-state index in [0.717, 1.165) is 49.7 Å². The van der Waals surface area contributed by atoms with Crippen molar-refractivity contribution in [1.82, 2.24) is 0 Å². The van der Waals surface area contributed by atoms with Crippen molar-refractivity contribution in [3.05, 3.63) is 198 Å². The van der Waals surface area contributed by atoms with Crippen LogP contribution in [0.15, 0.2) is 191 Å². The lowest BCUT2D eigenvalue weighted by atomic mass is 9.80. The molecular weight excluding hydrogens is 1210 g/mol. The van der Waals surface area contributed by atoms with Gasteiger partial charge in [-0.2, -0.15) is 22.0 Å². The number of esters is 1. The number of phenols is 1. The number of ether oxygens (including phenoxy) is 3. The molecule has 3 fully saturated rings. The highest BCUT2D eigenvalue weighted by molar-refractivity contribution is 7.97. The third-order valence-corrected chi connectivity index (χ3v) is 22.0. The number of carbonyl (C=O) groups is 1. The van der Waals surface area contributed by atoms with Crippen LogP contribution in [0.5, 0.6) is 11.5 Å². The van der Waals surface area contributed by atoms with Crippen molar-refractivity contribution >= 4 is 37.8 Å². The van der Waals surface area contributed by atoms with E-state index in [2.05, 4.69) is 212 Å². The molecule has 7 aromatic rings. The van der Waals surface area contributed by atoms with Gasteiger partial charge in [-0.1, -0.05) is 199 Å². The summed E-state index contributed by atoms with van der Waals surface area (Å²) in [5.41, 5.74) is 4.20. The van der Waals surface area contributed by atoms with Gasteiger partial charge in [0.25, 0.3) is 6.10 Å². The fraction of sp³-hybridized carbons (Fsp3) is 0.468. The number of rotatable bonds is 17. The third-order valence-electron chi connectivity index (χ3n) is 18.8. The second-order valence-corrected chi connectivity index (χ2v) is 29.0. The molecule has 15 heteroatoms. The van der Waals surface area contributed by atoms with Crippen molar-refractivity contribution in [1.29, 1.82) is 0 Å². The number of hydrogen-bond acceptors (Lipinski definition) is 8. The molecule has 8 nitrogen and oxygen atoms in total. The van der Waals surface area contributed by atoms with Crippen LogP contribution in [-0.4, -0.2) is 54.0 Å². The van der Waals surface area contributed by atoms with Gasteiger partial charge in [0.05, 0.1) is 22.4 Å². The fourth-order valence-electron chi connectivity index (χ4n) is 12.6. The SMILES string of the molecule is C.C.CC1c2cccc3cccc(c23)C1C.CCC(C)(C)C(=O)OC(C(F)(F)F)C(F)(F)S(=O)(=O)[O-].CCC(C)c1ccc(O)cc1.CCC(C)c1ccc(OC(OC2CC3CC2C2CCCC32)C(C)C)cc1.c1ccc([S+](c2ccccc2)c2ccccc2)cc1. The Morgan fingerprint density at radius 2 is 1.07 bits per heavy atom. The van der Waals surface area contributed by atoms with Crippen molar-refractivity contribution < 1.29 is 59.0 Å². The van der Waals surface area contributed by atoms with E-state index in [-0.39, 0.29) is 38.5 Å². The van der Waals surface area contributed by atoms with Gasteiger partial charge < -0.3 is 23.9 Å². The van der Waals surface area contributed by atoms with Crippen molar-refractivity contribution in [2.75, 3.05) is 0 Å². The summed E-state index contributed by atoms with van der Waals surface area (Å²) < 4.78 is 111. The minimum Gasteiger partial charge on any atom is -0.743 e. The van der Waals surface area contributed by atoms with Gasteiger partial charge in [-0.15, -0.1) is 0 Å². The number of phenolic OH excluding ortho intramolecular Hbond substituents is 1. The van der Waals surface area contributed by atoms with Crippen LogP contribution in [0.3, 0.4) is 0 Å². The van der Waals surface area contributed by atoms with Gasteiger partial charge in [0.1, 0.15) is 11.5 Å². The first-order valence-electron chi connectivity index (χ1n) is 31.8. The normalized spacial score (nSPS) is 20.8. The molecule has 11 atom stereocenters. The van der Waals surface area contributed by atoms with E-state index in [4.69, 9.17) is 14.6 Å². The molecule has 4 aliphatic carbocycles. The monoisotopic (exact) mass is 1310 g/mol. The predicted octanol–water partition coefficient (Wildman–Crippen LogP) is 21.5. The number of aromatic hydroxyl groups is 1. The minimum absolute atomic E-state index is 0. The zero-order valence-electron chi connectivity index (χ0n) is 53.8. The fourth-order valence-corrected chi connectivity index (χ4v) is 15.1. The zero-order chi connectivity index (χ0) is 65.7. The van der Waals surface area contributed by atoms with Crippen molar-refractivity contribution in [2.24, 2.45) is 35.0 Å². The number of halogens is 5. The number of fused-ring (bicyclic) bond motifs is 5. The third kappa shape index (κ3) is 19.0. The molecule has 0 aliphatic heterocycles. The summed E-state index contributed by atoms with van der Waals surface area (Å²) in [6, 6.07) is 61.6. The number of alkyl halides is 5. The number of carbonyl (C=O) groups excluding carboxylic acids is 1. The highest BCUT2D eigenvalue weighted by Gasteiger charge is 2.63. The molecule has 1 N–H and O–H groups in total. The largest absolute Gasteiger partial charge is 0.743 e. The lowest BCUT2D eigenvalue weighted by molar-refractivity contribution is -0.262. The maximum absolute atomic E-state index is 13.0. The van der Waals surface area contributed by atoms with Crippen LogP contribution in [0.1, 0.15) is 188 Å². The molecule has 0 radical (unpaired) electrons. The summed E-state index contributed by atoms with van der Waals surface area (Å²) in [5, 5.41) is 6.10. The molecule has 0 aromatic heterocycles. The Kier molecular flexibility index (Phi) is 28.0. The molecule has 11 unspecified atom stereocenters. The molecule has 0 heterocycles. The number of benzene rings is 7. The molecule has 4 aliphatic rings. The summed E-state index contributed by atoms with van der Waals surface area (Å²) in [5.74, 6) is 6.21. The molecule has 11 rings (SSSR count). The Bertz CT molecular complexity index is 3320. The van der Waals surface area contributed by atoms with E-state index in [0.29, 0.717) is 41.4 Å². The van der Waals surface area contributed by atoms with E-state index < -0.39 is 39.0 Å². The molecular formula is C77H99F5O8S2.